The fourth-order valence-corrected chi connectivity index (χ4v) is 4.64. The highest BCUT2D eigenvalue weighted by molar-refractivity contribution is 6.29. The van der Waals surface area contributed by atoms with Gasteiger partial charge in [-0.05, 0) is 28.5 Å². The van der Waals surface area contributed by atoms with Gasteiger partial charge in [0, 0.05) is 35.4 Å². The normalized spacial score (nSPS) is 13.9. The number of furan rings is 1. The van der Waals surface area contributed by atoms with Crippen LogP contribution in [0.2, 0.25) is 0 Å². The van der Waals surface area contributed by atoms with E-state index >= 15 is 0 Å². The number of nitriles is 2. The Morgan fingerprint density at radius 2 is 1.66 bits per heavy atom. The van der Waals surface area contributed by atoms with Gasteiger partial charge in [0.15, 0.2) is 5.78 Å². The number of ketones is 1. The zero-order valence-electron chi connectivity index (χ0n) is 18.6. The highest BCUT2D eigenvalue weighted by atomic mass is 16.3. The van der Waals surface area contributed by atoms with Gasteiger partial charge in [-0.2, -0.15) is 15.5 Å². The standard InChI is InChI=1S/C29H16N4O2/c1-33-25-14-21(13-24-26(20(15-30)16-31)22-8-4-5-9-23(22)27(24)34)35-29(25)32-28(33)19-11-10-17-6-2-3-7-18(17)12-19/h2-14H,1H3/b24-13-. The Kier molecular flexibility index (Phi) is 4.48. The van der Waals surface area contributed by atoms with Gasteiger partial charge >= 0.3 is 0 Å². The predicted octanol–water partition coefficient (Wildman–Crippen LogP) is 6.07. The minimum absolute atomic E-state index is 0.109. The maximum absolute atomic E-state index is 13.1. The van der Waals surface area contributed by atoms with E-state index in [0.29, 0.717) is 28.2 Å². The molecule has 6 rings (SSSR count). The second-order valence-corrected chi connectivity index (χ2v) is 8.30. The molecule has 0 amide bonds. The molecule has 0 fully saturated rings. The molecule has 1 aliphatic rings. The molecule has 0 unspecified atom stereocenters. The summed E-state index contributed by atoms with van der Waals surface area (Å²) in [6.07, 6.45) is 1.59. The van der Waals surface area contributed by atoms with Crippen LogP contribution >= 0.6 is 0 Å². The van der Waals surface area contributed by atoms with Crippen molar-refractivity contribution in [3.63, 3.8) is 0 Å². The molecule has 0 N–H and O–H groups in total. The van der Waals surface area contributed by atoms with Crippen LogP contribution in [0.1, 0.15) is 21.7 Å². The van der Waals surface area contributed by atoms with Crippen LogP contribution in [0, 0.1) is 22.7 Å². The van der Waals surface area contributed by atoms with E-state index in [0.717, 1.165) is 27.7 Å². The number of hydrogen-bond donors (Lipinski definition) is 0. The van der Waals surface area contributed by atoms with Crippen molar-refractivity contribution >= 4 is 39.4 Å². The largest absolute Gasteiger partial charge is 0.437 e. The number of Topliss-reactive ketones (excluding diaryl/α,β-unsaturated/α-hetero) is 1. The van der Waals surface area contributed by atoms with E-state index in [9.17, 15) is 15.3 Å². The molecule has 0 bridgehead atoms. The average molecular weight is 452 g/mol. The summed E-state index contributed by atoms with van der Waals surface area (Å²) in [5, 5.41) is 21.3. The number of aromatic nitrogens is 2. The first-order valence-electron chi connectivity index (χ1n) is 10.9. The van der Waals surface area contributed by atoms with Crippen molar-refractivity contribution in [2.45, 2.75) is 0 Å². The zero-order chi connectivity index (χ0) is 24.1. The molecule has 5 aromatic rings. The van der Waals surface area contributed by atoms with Crippen molar-refractivity contribution in [1.29, 1.82) is 10.5 Å². The molecule has 3 aromatic carbocycles. The molecule has 164 valence electrons. The van der Waals surface area contributed by atoms with Crippen LogP contribution in [-0.2, 0) is 7.05 Å². The quantitative estimate of drug-likeness (QED) is 0.239. The van der Waals surface area contributed by atoms with Crippen LogP contribution in [0.25, 0.3) is 45.0 Å². The van der Waals surface area contributed by atoms with Crippen molar-refractivity contribution in [3.8, 4) is 23.5 Å². The first-order valence-corrected chi connectivity index (χ1v) is 10.9. The second kappa shape index (κ2) is 7.69. The smallest absolute Gasteiger partial charge is 0.245 e. The molecule has 0 saturated heterocycles. The van der Waals surface area contributed by atoms with E-state index in [-0.39, 0.29) is 16.9 Å². The van der Waals surface area contributed by atoms with Gasteiger partial charge in [-0.3, -0.25) is 4.79 Å². The third-order valence-electron chi connectivity index (χ3n) is 6.32. The average Bonchev–Trinajstić information content (AvgIpc) is 3.51. The highest BCUT2D eigenvalue weighted by Crippen LogP contribution is 2.40. The molecule has 0 saturated carbocycles. The van der Waals surface area contributed by atoms with Gasteiger partial charge in [0.1, 0.15) is 34.8 Å². The van der Waals surface area contributed by atoms with Crippen molar-refractivity contribution < 1.29 is 9.21 Å². The van der Waals surface area contributed by atoms with Crippen LogP contribution in [-0.4, -0.2) is 15.3 Å². The summed E-state index contributed by atoms with van der Waals surface area (Å²) in [5.41, 5.74) is 3.71. The van der Waals surface area contributed by atoms with E-state index in [1.54, 1.807) is 30.3 Å². The number of rotatable bonds is 2. The molecule has 2 heterocycles. The van der Waals surface area contributed by atoms with Crippen LogP contribution in [0.4, 0.5) is 0 Å². The Hall–Kier alpha value is -5.20. The third kappa shape index (κ3) is 3.09. The molecule has 1 aliphatic carbocycles. The molecule has 6 nitrogen and oxygen atoms in total. The van der Waals surface area contributed by atoms with Gasteiger partial charge in [-0.1, -0.05) is 60.7 Å². The maximum Gasteiger partial charge on any atom is 0.245 e. The number of nitrogens with zero attached hydrogens (tertiary/aromatic N) is 4. The summed E-state index contributed by atoms with van der Waals surface area (Å²) >= 11 is 0. The number of imidazole rings is 1. The number of hydrogen-bond acceptors (Lipinski definition) is 5. The first kappa shape index (κ1) is 20.4. The third-order valence-corrected chi connectivity index (χ3v) is 6.32. The first-order chi connectivity index (χ1) is 17.1. The second-order valence-electron chi connectivity index (χ2n) is 8.30. The van der Waals surface area contributed by atoms with Crippen molar-refractivity contribution in [2.75, 3.05) is 0 Å². The summed E-state index contributed by atoms with van der Waals surface area (Å²) in [5.74, 6) is 0.945. The fraction of sp³-hybridized carbons (Fsp3) is 0.0345. The van der Waals surface area contributed by atoms with E-state index in [1.165, 1.54) is 0 Å². The number of benzene rings is 3. The summed E-state index contributed by atoms with van der Waals surface area (Å²) in [7, 11) is 1.91. The molecule has 2 aromatic heterocycles. The molecule has 0 radical (unpaired) electrons. The number of fused-ring (bicyclic) bond motifs is 3. The van der Waals surface area contributed by atoms with E-state index in [1.807, 2.05) is 48.0 Å². The molecular weight excluding hydrogens is 436 g/mol. The Balaban J connectivity index is 1.46. The van der Waals surface area contributed by atoms with Crippen molar-refractivity contribution in [1.82, 2.24) is 9.55 Å². The number of carbonyl (C=O) groups is 1. The Labute approximate surface area is 200 Å². The summed E-state index contributed by atoms with van der Waals surface area (Å²) in [6, 6.07) is 27.0. The molecule has 0 atom stereocenters. The van der Waals surface area contributed by atoms with Crippen LogP contribution in [0.5, 0.6) is 0 Å². The Morgan fingerprint density at radius 3 is 2.40 bits per heavy atom. The topological polar surface area (TPSA) is 95.6 Å². The lowest BCUT2D eigenvalue weighted by Crippen LogP contribution is -1.95. The fourth-order valence-electron chi connectivity index (χ4n) is 4.64. The number of carbonyl (C=O) groups excluding carboxylic acids is 1. The van der Waals surface area contributed by atoms with Gasteiger partial charge in [-0.15, -0.1) is 0 Å². The number of allylic oxidation sites excluding steroid dienone is 3. The van der Waals surface area contributed by atoms with Gasteiger partial charge in [0.2, 0.25) is 5.71 Å². The molecule has 0 aliphatic heterocycles. The van der Waals surface area contributed by atoms with Crippen molar-refractivity contribution in [2.24, 2.45) is 7.05 Å². The predicted molar refractivity (Wildman–Crippen MR) is 133 cm³/mol. The van der Waals surface area contributed by atoms with E-state index in [4.69, 9.17) is 9.40 Å². The zero-order valence-corrected chi connectivity index (χ0v) is 18.6. The molecular formula is C29H16N4O2. The van der Waals surface area contributed by atoms with E-state index < -0.39 is 0 Å². The summed E-state index contributed by atoms with van der Waals surface area (Å²) < 4.78 is 7.94. The van der Waals surface area contributed by atoms with Crippen LogP contribution in [0.15, 0.2) is 88.4 Å². The Bertz CT molecular complexity index is 1840. The molecule has 35 heavy (non-hydrogen) atoms. The van der Waals surface area contributed by atoms with Gasteiger partial charge in [-0.25, -0.2) is 0 Å². The van der Waals surface area contributed by atoms with Gasteiger partial charge in [0.05, 0.1) is 0 Å². The maximum atomic E-state index is 13.1. The minimum atomic E-state index is -0.246. The number of aryl methyl sites for hydroxylation is 1. The Morgan fingerprint density at radius 1 is 0.943 bits per heavy atom. The lowest BCUT2D eigenvalue weighted by atomic mass is 9.99. The van der Waals surface area contributed by atoms with Gasteiger partial charge < -0.3 is 8.98 Å². The lowest BCUT2D eigenvalue weighted by molar-refractivity contribution is 0.104. The lowest BCUT2D eigenvalue weighted by Gasteiger charge is -2.04. The molecule has 6 heteroatoms. The van der Waals surface area contributed by atoms with E-state index in [2.05, 4.69) is 24.3 Å². The van der Waals surface area contributed by atoms with Crippen LogP contribution < -0.4 is 0 Å². The van der Waals surface area contributed by atoms with Crippen LogP contribution in [0.3, 0.4) is 0 Å². The van der Waals surface area contributed by atoms with Gasteiger partial charge in [0.25, 0.3) is 0 Å². The monoisotopic (exact) mass is 452 g/mol. The molecule has 0 spiro atoms. The highest BCUT2D eigenvalue weighted by Gasteiger charge is 2.32. The summed E-state index contributed by atoms with van der Waals surface area (Å²) in [4.78, 5) is 17.8. The minimum Gasteiger partial charge on any atom is -0.437 e. The SMILES string of the molecule is Cn1c(-c2ccc3ccccc3c2)nc2oc(/C=C3\C(=O)c4ccccc4C3=C(C#N)C#N)cc21. The summed E-state index contributed by atoms with van der Waals surface area (Å²) in [6.45, 7) is 0. The van der Waals surface area contributed by atoms with Crippen molar-refractivity contribution in [3.05, 3.63) is 101 Å².